The number of aromatic nitrogens is 2. The van der Waals surface area contributed by atoms with Crippen LogP contribution in [0.5, 0.6) is 0 Å². The molecule has 0 aliphatic heterocycles. The molecular weight excluding hydrogens is 178 g/mol. The van der Waals surface area contributed by atoms with Crippen molar-refractivity contribution in [2.75, 3.05) is 12.0 Å². The van der Waals surface area contributed by atoms with Gasteiger partial charge in [-0.2, -0.15) is 0 Å². The van der Waals surface area contributed by atoms with Gasteiger partial charge in [0.15, 0.2) is 10.9 Å². The minimum atomic E-state index is -1.09. The highest BCUT2D eigenvalue weighted by molar-refractivity contribution is 7.98. The first-order chi connectivity index (χ1) is 5.57. The van der Waals surface area contributed by atoms with E-state index < -0.39 is 5.97 Å². The lowest BCUT2D eigenvalue weighted by atomic mass is 10.4. The number of imidazole rings is 1. The van der Waals surface area contributed by atoms with Crippen LogP contribution in [0.4, 0.5) is 5.82 Å². The van der Waals surface area contributed by atoms with Gasteiger partial charge in [0.2, 0.25) is 0 Å². The third kappa shape index (κ3) is 1.25. The van der Waals surface area contributed by atoms with Gasteiger partial charge in [0.25, 0.3) is 0 Å². The van der Waals surface area contributed by atoms with E-state index in [2.05, 4.69) is 4.98 Å². The number of carboxylic acids is 1. The molecule has 1 aromatic rings. The molecular formula is C6H9N3O2S. The van der Waals surface area contributed by atoms with Crippen LogP contribution in [0, 0.1) is 0 Å². The molecule has 5 nitrogen and oxygen atoms in total. The Bertz CT molecular complexity index is 321. The van der Waals surface area contributed by atoms with Crippen LogP contribution < -0.4 is 5.73 Å². The zero-order valence-corrected chi connectivity index (χ0v) is 7.55. The number of carbonyl (C=O) groups is 1. The van der Waals surface area contributed by atoms with E-state index in [1.165, 1.54) is 11.8 Å². The molecule has 1 aromatic heterocycles. The summed E-state index contributed by atoms with van der Waals surface area (Å²) in [5, 5.41) is 9.24. The fourth-order valence-corrected chi connectivity index (χ4v) is 1.38. The zero-order valence-electron chi connectivity index (χ0n) is 6.74. The number of anilines is 1. The van der Waals surface area contributed by atoms with Gasteiger partial charge in [-0.15, -0.1) is 0 Å². The minimum Gasteiger partial charge on any atom is -0.476 e. The molecule has 0 atom stereocenters. The quantitative estimate of drug-likeness (QED) is 0.656. The van der Waals surface area contributed by atoms with Crippen molar-refractivity contribution in [2.45, 2.75) is 5.16 Å². The van der Waals surface area contributed by atoms with Crippen LogP contribution in [0.3, 0.4) is 0 Å². The fraction of sp³-hybridized carbons (Fsp3) is 0.333. The molecule has 0 amide bonds. The molecule has 0 aliphatic rings. The molecule has 66 valence electrons. The maximum absolute atomic E-state index is 10.5. The van der Waals surface area contributed by atoms with Crippen LogP contribution in [-0.4, -0.2) is 26.9 Å². The SMILES string of the molecule is CSc1nc(C(=O)O)c(N)n1C. The molecule has 0 bridgehead atoms. The summed E-state index contributed by atoms with van der Waals surface area (Å²) in [6, 6.07) is 0. The van der Waals surface area contributed by atoms with Crippen molar-refractivity contribution in [3.8, 4) is 0 Å². The monoisotopic (exact) mass is 187 g/mol. The molecule has 0 fully saturated rings. The maximum Gasteiger partial charge on any atom is 0.358 e. The van der Waals surface area contributed by atoms with E-state index in [4.69, 9.17) is 10.8 Å². The van der Waals surface area contributed by atoms with Crippen molar-refractivity contribution >= 4 is 23.5 Å². The lowest BCUT2D eigenvalue weighted by Crippen LogP contribution is -2.03. The van der Waals surface area contributed by atoms with E-state index in [1.807, 2.05) is 6.26 Å². The van der Waals surface area contributed by atoms with E-state index in [0.717, 1.165) is 0 Å². The highest BCUT2D eigenvalue weighted by Gasteiger charge is 2.16. The first-order valence-electron chi connectivity index (χ1n) is 3.17. The number of carboxylic acid groups (broad SMARTS) is 1. The third-order valence-corrected chi connectivity index (χ3v) is 2.21. The van der Waals surface area contributed by atoms with Crippen molar-refractivity contribution < 1.29 is 9.90 Å². The Kier molecular flexibility index (Phi) is 2.27. The summed E-state index contributed by atoms with van der Waals surface area (Å²) in [5.41, 5.74) is 5.40. The molecule has 0 saturated carbocycles. The van der Waals surface area contributed by atoms with Crippen molar-refractivity contribution in [3.05, 3.63) is 5.69 Å². The Labute approximate surface area is 73.6 Å². The molecule has 0 saturated heterocycles. The number of hydrogen-bond acceptors (Lipinski definition) is 4. The first-order valence-corrected chi connectivity index (χ1v) is 4.40. The van der Waals surface area contributed by atoms with Crippen molar-refractivity contribution in [1.82, 2.24) is 9.55 Å². The molecule has 3 N–H and O–H groups in total. The molecule has 12 heavy (non-hydrogen) atoms. The second-order valence-electron chi connectivity index (χ2n) is 2.20. The highest BCUT2D eigenvalue weighted by atomic mass is 32.2. The van der Waals surface area contributed by atoms with E-state index in [1.54, 1.807) is 11.6 Å². The van der Waals surface area contributed by atoms with Crippen LogP contribution in [0.15, 0.2) is 5.16 Å². The summed E-state index contributed by atoms with van der Waals surface area (Å²) in [7, 11) is 1.68. The average Bonchev–Trinajstić information content (AvgIpc) is 2.30. The molecule has 1 heterocycles. The zero-order chi connectivity index (χ0) is 9.30. The van der Waals surface area contributed by atoms with Gasteiger partial charge >= 0.3 is 5.97 Å². The van der Waals surface area contributed by atoms with Gasteiger partial charge in [-0.1, -0.05) is 11.8 Å². The van der Waals surface area contributed by atoms with Crippen LogP contribution in [0.25, 0.3) is 0 Å². The second kappa shape index (κ2) is 3.06. The van der Waals surface area contributed by atoms with Crippen LogP contribution >= 0.6 is 11.8 Å². The average molecular weight is 187 g/mol. The van der Waals surface area contributed by atoms with E-state index in [-0.39, 0.29) is 11.5 Å². The smallest absolute Gasteiger partial charge is 0.358 e. The van der Waals surface area contributed by atoms with Crippen LogP contribution in [0.2, 0.25) is 0 Å². The number of rotatable bonds is 2. The molecule has 0 radical (unpaired) electrons. The fourth-order valence-electron chi connectivity index (χ4n) is 0.830. The van der Waals surface area contributed by atoms with Gasteiger partial charge in [-0.25, -0.2) is 9.78 Å². The number of thioether (sulfide) groups is 1. The summed E-state index contributed by atoms with van der Waals surface area (Å²) in [6.07, 6.45) is 1.81. The number of nitrogens with zero attached hydrogens (tertiary/aromatic N) is 2. The van der Waals surface area contributed by atoms with Crippen molar-refractivity contribution in [1.29, 1.82) is 0 Å². The number of nitrogens with two attached hydrogens (primary N) is 1. The molecule has 1 rings (SSSR count). The topological polar surface area (TPSA) is 81.1 Å². The van der Waals surface area contributed by atoms with E-state index in [9.17, 15) is 4.79 Å². The molecule has 6 heteroatoms. The lowest BCUT2D eigenvalue weighted by Gasteiger charge is -1.97. The largest absolute Gasteiger partial charge is 0.476 e. The maximum atomic E-state index is 10.5. The predicted molar refractivity (Wildman–Crippen MR) is 46.4 cm³/mol. The van der Waals surface area contributed by atoms with Crippen LogP contribution in [0.1, 0.15) is 10.5 Å². The molecule has 0 aromatic carbocycles. The Morgan fingerprint density at radius 2 is 2.33 bits per heavy atom. The molecule has 0 spiro atoms. The Hall–Kier alpha value is -1.17. The van der Waals surface area contributed by atoms with Crippen molar-refractivity contribution in [2.24, 2.45) is 7.05 Å². The summed E-state index contributed by atoms with van der Waals surface area (Å²) >= 11 is 1.36. The summed E-state index contributed by atoms with van der Waals surface area (Å²) < 4.78 is 1.55. The molecule has 0 aliphatic carbocycles. The number of aromatic carboxylic acids is 1. The normalized spacial score (nSPS) is 10.2. The van der Waals surface area contributed by atoms with Gasteiger partial charge in [0, 0.05) is 7.05 Å². The lowest BCUT2D eigenvalue weighted by molar-refractivity contribution is 0.0692. The van der Waals surface area contributed by atoms with Gasteiger partial charge in [-0.3, -0.25) is 0 Å². The highest BCUT2D eigenvalue weighted by Crippen LogP contribution is 2.19. The standard InChI is InChI=1S/C6H9N3O2S/c1-9-4(7)3(5(10)11)8-6(9)12-2/h7H2,1-2H3,(H,10,11). The van der Waals surface area contributed by atoms with Gasteiger partial charge in [0.05, 0.1) is 0 Å². The van der Waals surface area contributed by atoms with Gasteiger partial charge < -0.3 is 15.4 Å². The van der Waals surface area contributed by atoms with Gasteiger partial charge in [0.1, 0.15) is 5.82 Å². The Morgan fingerprint density at radius 1 is 1.75 bits per heavy atom. The summed E-state index contributed by atoms with van der Waals surface area (Å²) in [6.45, 7) is 0. The van der Waals surface area contributed by atoms with Crippen LogP contribution in [-0.2, 0) is 7.05 Å². The summed E-state index contributed by atoms with van der Waals surface area (Å²) in [5.74, 6) is -0.907. The van der Waals surface area contributed by atoms with E-state index in [0.29, 0.717) is 5.16 Å². The van der Waals surface area contributed by atoms with Gasteiger partial charge in [-0.05, 0) is 6.26 Å². The predicted octanol–water partition coefficient (Wildman–Crippen LogP) is 0.422. The first kappa shape index (κ1) is 8.92. The minimum absolute atomic E-state index is 0.0816. The third-order valence-electron chi connectivity index (χ3n) is 1.48. The summed E-state index contributed by atoms with van der Waals surface area (Å²) in [4.78, 5) is 14.4. The Morgan fingerprint density at radius 3 is 2.58 bits per heavy atom. The second-order valence-corrected chi connectivity index (χ2v) is 2.97. The number of hydrogen-bond donors (Lipinski definition) is 2. The number of nitrogen functional groups attached to an aromatic ring is 1. The Balaban J connectivity index is 3.25. The van der Waals surface area contributed by atoms with E-state index >= 15 is 0 Å². The molecule has 0 unspecified atom stereocenters. The van der Waals surface area contributed by atoms with Crippen molar-refractivity contribution in [3.63, 3.8) is 0 Å².